The number of aliphatic carboxylic acids is 1. The van der Waals surface area contributed by atoms with Gasteiger partial charge in [-0.15, -0.1) is 23.1 Å². The van der Waals surface area contributed by atoms with Crippen molar-refractivity contribution in [3.63, 3.8) is 0 Å². The van der Waals surface area contributed by atoms with Gasteiger partial charge in [0.25, 0.3) is 11.8 Å². The highest BCUT2D eigenvalue weighted by Gasteiger charge is 2.54. The molecule has 4 aliphatic rings. The maximum absolute atomic E-state index is 13.3. The zero-order valence-corrected chi connectivity index (χ0v) is 24.6. The maximum atomic E-state index is 13.3. The molecule has 0 bridgehead atoms. The molecule has 3 amide bonds. The van der Waals surface area contributed by atoms with Crippen LogP contribution in [0, 0.1) is 0 Å². The summed E-state index contributed by atoms with van der Waals surface area (Å²) in [6.07, 6.45) is 7.32. The zero-order chi connectivity index (χ0) is 30.1. The molecule has 2 aromatic heterocycles. The number of carbonyl (C=O) groups excluding carboxylic acids is 3. The second-order valence-corrected chi connectivity index (χ2v) is 12.5. The lowest BCUT2D eigenvalue weighted by atomic mass is 10.0. The summed E-state index contributed by atoms with van der Waals surface area (Å²) >= 11 is 2.46. The fraction of sp³-hybridized carbons (Fsp3) is 0.393. The van der Waals surface area contributed by atoms with Crippen molar-refractivity contribution in [2.75, 3.05) is 18.0 Å². The fourth-order valence-electron chi connectivity index (χ4n) is 5.53. The first-order chi connectivity index (χ1) is 20.8. The van der Waals surface area contributed by atoms with Crippen LogP contribution < -0.4 is 11.1 Å². The molecule has 2 atom stereocenters. The molecule has 0 aromatic carbocycles. The number of oxime groups is 1. The van der Waals surface area contributed by atoms with Crippen LogP contribution in [0.1, 0.15) is 43.5 Å². The Morgan fingerprint density at radius 1 is 1.26 bits per heavy atom. The number of anilines is 1. The lowest BCUT2D eigenvalue weighted by Crippen LogP contribution is -2.71. The maximum Gasteiger partial charge on any atom is 0.352 e. The molecule has 0 spiro atoms. The first-order valence-electron chi connectivity index (χ1n) is 13.9. The van der Waals surface area contributed by atoms with Crippen molar-refractivity contribution >= 4 is 57.6 Å². The lowest BCUT2D eigenvalue weighted by Gasteiger charge is -2.49. The largest absolute Gasteiger partial charge is 0.477 e. The monoisotopic (exact) mass is 623 g/mol. The van der Waals surface area contributed by atoms with Crippen molar-refractivity contribution in [1.29, 1.82) is 0 Å². The smallest absolute Gasteiger partial charge is 0.352 e. The first kappa shape index (κ1) is 28.9. The van der Waals surface area contributed by atoms with E-state index in [-0.39, 0.29) is 40.0 Å². The van der Waals surface area contributed by atoms with Gasteiger partial charge in [0.1, 0.15) is 28.9 Å². The number of rotatable bonds is 9. The van der Waals surface area contributed by atoms with E-state index in [4.69, 9.17) is 10.6 Å². The van der Waals surface area contributed by atoms with Crippen LogP contribution in [0.4, 0.5) is 5.13 Å². The Hall–Kier alpha value is -4.24. The summed E-state index contributed by atoms with van der Waals surface area (Å²) in [6, 6.07) is 4.52. The van der Waals surface area contributed by atoms with Gasteiger partial charge in [-0.2, -0.15) is 0 Å². The summed E-state index contributed by atoms with van der Waals surface area (Å²) < 4.78 is 0. The van der Waals surface area contributed by atoms with E-state index < -0.39 is 29.2 Å². The van der Waals surface area contributed by atoms with E-state index in [0.29, 0.717) is 30.7 Å². The molecule has 1 saturated carbocycles. The highest BCUT2D eigenvalue weighted by molar-refractivity contribution is 8.00. The molecule has 1 aliphatic carbocycles. The Kier molecular flexibility index (Phi) is 8.17. The molecule has 4 N–H and O–H groups in total. The van der Waals surface area contributed by atoms with Crippen molar-refractivity contribution in [3.05, 3.63) is 64.1 Å². The third kappa shape index (κ3) is 5.86. The van der Waals surface area contributed by atoms with Gasteiger partial charge >= 0.3 is 5.97 Å². The number of carboxylic acid groups (broad SMARTS) is 1. The molecule has 6 rings (SSSR count). The Labute approximate surface area is 254 Å². The van der Waals surface area contributed by atoms with E-state index in [1.807, 2.05) is 12.1 Å². The van der Waals surface area contributed by atoms with Crippen LogP contribution in [0.2, 0.25) is 0 Å². The molecule has 3 fully saturated rings. The highest BCUT2D eigenvalue weighted by Crippen LogP contribution is 2.41. The quantitative estimate of drug-likeness (QED) is 0.162. The molecule has 2 aromatic rings. The summed E-state index contributed by atoms with van der Waals surface area (Å²) in [5, 5.41) is 18.1. The number of hydrogen-bond donors (Lipinski definition) is 3. The van der Waals surface area contributed by atoms with E-state index in [2.05, 4.69) is 20.4 Å². The lowest BCUT2D eigenvalue weighted by molar-refractivity contribution is -0.150. The van der Waals surface area contributed by atoms with E-state index in [0.717, 1.165) is 42.7 Å². The number of allylic oxidation sites excluding steroid dienone is 1. The van der Waals surface area contributed by atoms with Gasteiger partial charge < -0.3 is 25.9 Å². The van der Waals surface area contributed by atoms with Crippen LogP contribution in [0.15, 0.2) is 57.9 Å². The molecule has 43 heavy (non-hydrogen) atoms. The second kappa shape index (κ2) is 12.2. The molecule has 224 valence electrons. The molecule has 2 saturated heterocycles. The summed E-state index contributed by atoms with van der Waals surface area (Å²) in [6.45, 7) is 0.845. The van der Waals surface area contributed by atoms with Gasteiger partial charge in [-0.05, 0) is 55.9 Å². The molecular weight excluding hydrogens is 594 g/mol. The van der Waals surface area contributed by atoms with Crippen molar-refractivity contribution < 1.29 is 29.1 Å². The van der Waals surface area contributed by atoms with E-state index in [1.165, 1.54) is 16.7 Å². The number of likely N-dealkylation sites (tertiary alicyclic amines) is 1. The molecule has 15 heteroatoms. The Morgan fingerprint density at radius 2 is 2.07 bits per heavy atom. The van der Waals surface area contributed by atoms with E-state index in [1.54, 1.807) is 28.6 Å². The van der Waals surface area contributed by atoms with Gasteiger partial charge in [-0.1, -0.05) is 11.2 Å². The predicted octanol–water partition coefficient (Wildman–Crippen LogP) is 1.88. The topological polar surface area (TPSA) is 180 Å². The van der Waals surface area contributed by atoms with Crippen LogP contribution in [0.5, 0.6) is 0 Å². The standard InChI is InChI=1S/C28H29N7O6S2/c29-28-31-19(14-43-28)20(33-41-18-6-1-2-7-18)23(36)32-21-25(38)35-22(27(39)40)16(13-42-26(21)35)11-15-8-10-34(24(15)37)12-17-5-3-4-9-30-17/h3-5,9,11,14,18,21,26H,1-2,6-8,10,12-13H2,(H2,29,31)(H,32,36)(H,39,40)/t21-,26-/m1/s1. The van der Waals surface area contributed by atoms with Crippen molar-refractivity contribution in [2.45, 2.75) is 56.2 Å². The number of nitrogens with two attached hydrogens (primary N) is 1. The number of β-lactam (4-membered cyclic amide) rings is 1. The molecule has 0 unspecified atom stereocenters. The Bertz CT molecular complexity index is 1550. The average molecular weight is 624 g/mol. The van der Waals surface area contributed by atoms with Gasteiger partial charge in [0, 0.05) is 29.4 Å². The number of nitrogen functional groups attached to an aromatic ring is 1. The number of nitrogens with zero attached hydrogens (tertiary/aromatic N) is 5. The zero-order valence-electron chi connectivity index (χ0n) is 23.0. The van der Waals surface area contributed by atoms with E-state index >= 15 is 0 Å². The molecule has 3 aliphatic heterocycles. The van der Waals surface area contributed by atoms with Crippen LogP contribution in [0.25, 0.3) is 0 Å². The predicted molar refractivity (Wildman–Crippen MR) is 158 cm³/mol. The third-order valence-corrected chi connectivity index (χ3v) is 9.68. The van der Waals surface area contributed by atoms with E-state index in [9.17, 15) is 24.3 Å². The van der Waals surface area contributed by atoms with Crippen LogP contribution >= 0.6 is 23.1 Å². The fourth-order valence-corrected chi connectivity index (χ4v) is 7.39. The average Bonchev–Trinajstić information content (AvgIpc) is 3.75. The third-order valence-electron chi connectivity index (χ3n) is 7.70. The normalized spacial score (nSPS) is 23.5. The number of pyridine rings is 1. The molecule has 5 heterocycles. The number of hydrogen-bond acceptors (Lipinski definition) is 11. The van der Waals surface area contributed by atoms with Gasteiger partial charge in [0.2, 0.25) is 5.91 Å². The van der Waals surface area contributed by atoms with Gasteiger partial charge in [-0.25, -0.2) is 9.78 Å². The minimum Gasteiger partial charge on any atom is -0.477 e. The van der Waals surface area contributed by atoms with Crippen LogP contribution in [0.3, 0.4) is 0 Å². The summed E-state index contributed by atoms with van der Waals surface area (Å²) in [7, 11) is 0. The minimum atomic E-state index is -1.28. The number of thiazole rings is 1. The van der Waals surface area contributed by atoms with Crippen molar-refractivity contribution in [3.8, 4) is 0 Å². The van der Waals surface area contributed by atoms with Crippen molar-refractivity contribution in [2.24, 2.45) is 5.16 Å². The number of fused-ring (bicyclic) bond motifs is 1. The summed E-state index contributed by atoms with van der Waals surface area (Å²) in [4.78, 5) is 68.9. The molecular formula is C28H29N7O6S2. The van der Waals surface area contributed by atoms with Crippen LogP contribution in [-0.4, -0.2) is 84.1 Å². The minimum absolute atomic E-state index is 0.0960. The Morgan fingerprint density at radius 3 is 2.77 bits per heavy atom. The number of aromatic nitrogens is 2. The summed E-state index contributed by atoms with van der Waals surface area (Å²) in [5.74, 6) is -2.46. The molecule has 13 nitrogen and oxygen atoms in total. The molecule has 0 radical (unpaired) electrons. The number of nitrogens with one attached hydrogen (secondary N) is 1. The van der Waals surface area contributed by atoms with Gasteiger partial charge in [-0.3, -0.25) is 24.3 Å². The second-order valence-electron chi connectivity index (χ2n) is 10.5. The SMILES string of the molecule is Nc1nc(C(=NOC2CCCC2)C(=O)N[C@@H]2C(=O)N3C(C(=O)O)=C(C=C4CCN(Cc5ccccn5)C4=O)CS[C@H]23)cs1. The number of carbonyl (C=O) groups is 4. The van der Waals surface area contributed by atoms with Gasteiger partial charge in [0.15, 0.2) is 10.8 Å². The number of thioether (sulfide) groups is 1. The van der Waals surface area contributed by atoms with Gasteiger partial charge in [0.05, 0.1) is 12.2 Å². The van der Waals surface area contributed by atoms with Crippen LogP contribution in [-0.2, 0) is 30.6 Å². The first-order valence-corrected chi connectivity index (χ1v) is 15.8. The number of amides is 3. The summed E-state index contributed by atoms with van der Waals surface area (Å²) in [5.41, 5.74) is 7.34. The van der Waals surface area contributed by atoms with Crippen molar-refractivity contribution in [1.82, 2.24) is 25.1 Å². The highest BCUT2D eigenvalue weighted by atomic mass is 32.2. The Balaban J connectivity index is 1.17. The number of carboxylic acids is 1.